The van der Waals surface area contributed by atoms with Crippen molar-refractivity contribution in [3.63, 3.8) is 0 Å². The molecule has 13 heavy (non-hydrogen) atoms. The van der Waals surface area contributed by atoms with E-state index in [1.54, 1.807) is 4.90 Å². The number of rotatable bonds is 3. The Hall–Kier alpha value is -0.970. The van der Waals surface area contributed by atoms with Crippen molar-refractivity contribution in [2.45, 2.75) is 27.2 Å². The lowest BCUT2D eigenvalue weighted by molar-refractivity contribution is -0.132. The van der Waals surface area contributed by atoms with Gasteiger partial charge < -0.3 is 4.90 Å². The average Bonchev–Trinajstić information content (AvgIpc) is 2.70. The first-order chi connectivity index (χ1) is 6.03. The third-order valence-electron chi connectivity index (χ3n) is 2.79. The van der Waals surface area contributed by atoms with Crippen molar-refractivity contribution >= 4 is 5.91 Å². The molecule has 1 atom stereocenters. The van der Waals surface area contributed by atoms with E-state index in [0.717, 1.165) is 13.0 Å². The fraction of sp³-hybridized carbons (Fsp3) is 0.727. The molecule has 1 fully saturated rings. The minimum absolute atomic E-state index is 0.207. The number of carbonyl (C=O) groups excluding carboxylic acids is 1. The van der Waals surface area contributed by atoms with E-state index >= 15 is 0 Å². The highest BCUT2D eigenvalue weighted by molar-refractivity contribution is 5.82. The van der Waals surface area contributed by atoms with Gasteiger partial charge in [0.05, 0.1) is 6.54 Å². The van der Waals surface area contributed by atoms with Crippen LogP contribution in [0.5, 0.6) is 0 Å². The highest BCUT2D eigenvalue weighted by atomic mass is 16.2. The number of nitrogens with zero attached hydrogens (tertiary/aromatic N) is 1. The summed E-state index contributed by atoms with van der Waals surface area (Å²) in [6.45, 7) is 7.38. The number of carbonyl (C=O) groups is 1. The van der Waals surface area contributed by atoms with Gasteiger partial charge in [-0.3, -0.25) is 4.79 Å². The molecule has 0 N–H and O–H groups in total. The Balaban J connectivity index is 2.53. The molecule has 1 saturated carbocycles. The predicted molar refractivity (Wildman–Crippen MR) is 53.0 cm³/mol. The molecular formula is C11H17NO. The van der Waals surface area contributed by atoms with Gasteiger partial charge in [-0.15, -0.1) is 6.42 Å². The molecule has 2 heteroatoms. The van der Waals surface area contributed by atoms with Gasteiger partial charge in [0.2, 0.25) is 5.91 Å². The summed E-state index contributed by atoms with van der Waals surface area (Å²) in [5.74, 6) is 2.95. The molecule has 1 amide bonds. The quantitative estimate of drug-likeness (QED) is 0.601. The topological polar surface area (TPSA) is 20.3 Å². The molecule has 1 aliphatic rings. The summed E-state index contributed by atoms with van der Waals surface area (Å²) in [7, 11) is 0. The second-order valence-electron chi connectivity index (χ2n) is 4.30. The second-order valence-corrected chi connectivity index (χ2v) is 4.30. The van der Waals surface area contributed by atoms with Crippen molar-refractivity contribution in [3.05, 3.63) is 0 Å². The van der Waals surface area contributed by atoms with Crippen LogP contribution in [0, 0.1) is 23.7 Å². The minimum Gasteiger partial charge on any atom is -0.332 e. The maximum atomic E-state index is 11.8. The van der Waals surface area contributed by atoms with Crippen LogP contribution in [0.1, 0.15) is 27.2 Å². The molecule has 2 nitrogen and oxygen atoms in total. The van der Waals surface area contributed by atoms with Crippen LogP contribution in [0.3, 0.4) is 0 Å². The normalized spacial score (nSPS) is 23.4. The van der Waals surface area contributed by atoms with Gasteiger partial charge in [-0.25, -0.2) is 0 Å². The van der Waals surface area contributed by atoms with Gasteiger partial charge in [0.15, 0.2) is 0 Å². The van der Waals surface area contributed by atoms with Crippen molar-refractivity contribution in [3.8, 4) is 12.3 Å². The predicted octanol–water partition coefficient (Wildman–Crippen LogP) is 1.51. The molecule has 1 rings (SSSR count). The van der Waals surface area contributed by atoms with Crippen LogP contribution in [-0.2, 0) is 4.79 Å². The lowest BCUT2D eigenvalue weighted by atomic mass is 10.1. The van der Waals surface area contributed by atoms with E-state index in [2.05, 4.69) is 19.8 Å². The molecular weight excluding hydrogens is 162 g/mol. The molecule has 0 aliphatic heterocycles. The van der Waals surface area contributed by atoms with Crippen LogP contribution >= 0.6 is 0 Å². The standard InChI is InChI=1S/C11H17NO/c1-5-7-12(6-2)10(13)9-8-11(9,3)4/h1,9H,6-8H2,2-4H3. The summed E-state index contributed by atoms with van der Waals surface area (Å²) in [6.07, 6.45) is 6.19. The zero-order chi connectivity index (χ0) is 10.1. The number of hydrogen-bond acceptors (Lipinski definition) is 1. The van der Waals surface area contributed by atoms with Gasteiger partial charge >= 0.3 is 0 Å². The highest BCUT2D eigenvalue weighted by Crippen LogP contribution is 2.52. The van der Waals surface area contributed by atoms with Crippen LogP contribution in [0.15, 0.2) is 0 Å². The lowest BCUT2D eigenvalue weighted by Crippen LogP contribution is -2.33. The molecule has 0 bridgehead atoms. The summed E-state index contributed by atoms with van der Waals surface area (Å²) >= 11 is 0. The zero-order valence-electron chi connectivity index (χ0n) is 8.63. The molecule has 0 aromatic carbocycles. The molecule has 0 spiro atoms. The largest absolute Gasteiger partial charge is 0.332 e. The Morgan fingerprint density at radius 2 is 2.23 bits per heavy atom. The van der Waals surface area contributed by atoms with Gasteiger partial charge in [-0.05, 0) is 18.8 Å². The lowest BCUT2D eigenvalue weighted by Gasteiger charge is -2.18. The minimum atomic E-state index is 0.207. The molecule has 0 aromatic heterocycles. The third-order valence-corrected chi connectivity index (χ3v) is 2.79. The van der Waals surface area contributed by atoms with Crippen molar-refractivity contribution < 1.29 is 4.79 Å². The molecule has 72 valence electrons. The first-order valence-corrected chi connectivity index (χ1v) is 4.75. The van der Waals surface area contributed by atoms with E-state index in [4.69, 9.17) is 6.42 Å². The summed E-state index contributed by atoms with van der Waals surface area (Å²) in [6, 6.07) is 0. The molecule has 0 aromatic rings. The first-order valence-electron chi connectivity index (χ1n) is 4.75. The summed E-state index contributed by atoms with van der Waals surface area (Å²) < 4.78 is 0. The van der Waals surface area contributed by atoms with E-state index < -0.39 is 0 Å². The second kappa shape index (κ2) is 3.41. The maximum absolute atomic E-state index is 11.8. The van der Waals surface area contributed by atoms with Crippen molar-refractivity contribution in [2.24, 2.45) is 11.3 Å². The van der Waals surface area contributed by atoms with E-state index in [-0.39, 0.29) is 17.2 Å². The molecule has 0 radical (unpaired) electrons. The number of hydrogen-bond donors (Lipinski definition) is 0. The third kappa shape index (κ3) is 2.03. The Bertz CT molecular complexity index is 249. The maximum Gasteiger partial charge on any atom is 0.227 e. The van der Waals surface area contributed by atoms with Crippen molar-refractivity contribution in [2.75, 3.05) is 13.1 Å². The highest BCUT2D eigenvalue weighted by Gasteiger charge is 2.51. The van der Waals surface area contributed by atoms with Crippen molar-refractivity contribution in [1.29, 1.82) is 0 Å². The Kier molecular flexibility index (Phi) is 2.66. The van der Waals surface area contributed by atoms with E-state index in [1.165, 1.54) is 0 Å². The molecule has 0 heterocycles. The number of amides is 1. The smallest absolute Gasteiger partial charge is 0.227 e. The Morgan fingerprint density at radius 3 is 2.54 bits per heavy atom. The molecule has 1 unspecified atom stereocenters. The Labute approximate surface area is 80.3 Å². The molecule has 0 saturated heterocycles. The summed E-state index contributed by atoms with van der Waals surface area (Å²) in [5.41, 5.74) is 0.207. The molecule has 1 aliphatic carbocycles. The van der Waals surface area contributed by atoms with E-state index in [0.29, 0.717) is 6.54 Å². The van der Waals surface area contributed by atoms with Gasteiger partial charge in [-0.1, -0.05) is 19.8 Å². The van der Waals surface area contributed by atoms with E-state index in [1.807, 2.05) is 6.92 Å². The first kappa shape index (κ1) is 10.1. The fourth-order valence-corrected chi connectivity index (χ4v) is 1.56. The van der Waals surface area contributed by atoms with Gasteiger partial charge in [0, 0.05) is 12.5 Å². The summed E-state index contributed by atoms with van der Waals surface area (Å²) in [5, 5.41) is 0. The van der Waals surface area contributed by atoms with Crippen LogP contribution in [0.4, 0.5) is 0 Å². The van der Waals surface area contributed by atoms with Crippen molar-refractivity contribution in [1.82, 2.24) is 4.90 Å². The van der Waals surface area contributed by atoms with Gasteiger partial charge in [0.1, 0.15) is 0 Å². The van der Waals surface area contributed by atoms with Gasteiger partial charge in [-0.2, -0.15) is 0 Å². The fourth-order valence-electron chi connectivity index (χ4n) is 1.56. The van der Waals surface area contributed by atoms with Crippen LogP contribution in [0.2, 0.25) is 0 Å². The SMILES string of the molecule is C#CCN(CC)C(=O)C1CC1(C)C. The average molecular weight is 179 g/mol. The monoisotopic (exact) mass is 179 g/mol. The van der Waals surface area contributed by atoms with Gasteiger partial charge in [0.25, 0.3) is 0 Å². The van der Waals surface area contributed by atoms with Crippen LogP contribution in [-0.4, -0.2) is 23.9 Å². The summed E-state index contributed by atoms with van der Waals surface area (Å²) in [4.78, 5) is 13.5. The van der Waals surface area contributed by atoms with Crippen LogP contribution in [0.25, 0.3) is 0 Å². The van der Waals surface area contributed by atoms with E-state index in [9.17, 15) is 4.79 Å². The number of terminal acetylenes is 1. The van der Waals surface area contributed by atoms with Crippen LogP contribution < -0.4 is 0 Å². The zero-order valence-corrected chi connectivity index (χ0v) is 8.63. The Morgan fingerprint density at radius 1 is 1.69 bits per heavy atom.